The van der Waals surface area contributed by atoms with Gasteiger partial charge in [0.2, 0.25) is 0 Å². The van der Waals surface area contributed by atoms with Gasteiger partial charge in [0.25, 0.3) is 0 Å². The van der Waals surface area contributed by atoms with Gasteiger partial charge >= 0.3 is 0 Å². The predicted molar refractivity (Wildman–Crippen MR) is 231 cm³/mol. The van der Waals surface area contributed by atoms with Gasteiger partial charge in [-0.15, -0.1) is 0 Å². The van der Waals surface area contributed by atoms with E-state index in [4.69, 9.17) is 9.47 Å². The molecule has 12 aromatic carbocycles. The first kappa shape index (κ1) is 29.9. The minimum atomic E-state index is 0.871. The largest absolute Gasteiger partial charge is 0.496 e. The second-order valence-electron chi connectivity index (χ2n) is 15.2. The fourth-order valence-electron chi connectivity index (χ4n) is 10.1. The summed E-state index contributed by atoms with van der Waals surface area (Å²) in [6.07, 6.45) is 0. The first-order chi connectivity index (χ1) is 26.5. The minimum absolute atomic E-state index is 0.871. The molecule has 0 fully saturated rings. The Morgan fingerprint density at radius 1 is 0.278 bits per heavy atom. The van der Waals surface area contributed by atoms with Crippen molar-refractivity contribution in [1.29, 1.82) is 0 Å². The van der Waals surface area contributed by atoms with Gasteiger partial charge in [0, 0.05) is 21.5 Å². The molecule has 0 aromatic heterocycles. The SMILES string of the molecule is COc1cc(-c2ccc3ccc4c(C)ccc5ccc2c3c54)c2ccc3c(-c4ccc5ccc6c(C)ccc7ccc4c5c76)cc(OC)c4ccc1c2c43. The standard InChI is InChI=1S/C52H34O2/c1-27-5-7-29-13-19-37-35(17-11-31-9-15-33(27)47(29)49(31)37)43-25-45(53-3)41-23-24-42-46(54-4)26-44(40-22-21-39(43)51(41)52(40)42)36-18-12-32-10-16-34-28(2)6-8-30-14-20-38(36)50(32)48(30)34/h5-26H,1-4H3. The molecular formula is C52H34O2. The summed E-state index contributed by atoms with van der Waals surface area (Å²) >= 11 is 0. The van der Waals surface area contributed by atoms with E-state index in [-0.39, 0.29) is 0 Å². The molecule has 0 spiro atoms. The van der Waals surface area contributed by atoms with E-state index in [0.29, 0.717) is 0 Å². The maximum atomic E-state index is 6.25. The van der Waals surface area contributed by atoms with E-state index in [1.54, 1.807) is 14.2 Å². The lowest BCUT2D eigenvalue weighted by molar-refractivity contribution is 0.419. The van der Waals surface area contributed by atoms with Gasteiger partial charge in [-0.1, -0.05) is 109 Å². The van der Waals surface area contributed by atoms with Crippen molar-refractivity contribution >= 4 is 97.0 Å². The van der Waals surface area contributed by atoms with Crippen LogP contribution in [0.1, 0.15) is 11.1 Å². The number of rotatable bonds is 4. The highest BCUT2D eigenvalue weighted by Crippen LogP contribution is 2.51. The summed E-state index contributed by atoms with van der Waals surface area (Å²) < 4.78 is 12.5. The van der Waals surface area contributed by atoms with Gasteiger partial charge in [0.15, 0.2) is 0 Å². The summed E-state index contributed by atoms with van der Waals surface area (Å²) in [5.41, 5.74) is 7.37. The van der Waals surface area contributed by atoms with Crippen molar-refractivity contribution in [1.82, 2.24) is 0 Å². The van der Waals surface area contributed by atoms with Crippen LogP contribution in [0.5, 0.6) is 11.5 Å². The minimum Gasteiger partial charge on any atom is -0.496 e. The molecule has 2 heteroatoms. The molecule has 54 heavy (non-hydrogen) atoms. The van der Waals surface area contributed by atoms with Crippen LogP contribution < -0.4 is 9.47 Å². The molecule has 0 saturated carbocycles. The average Bonchev–Trinajstić information content (AvgIpc) is 3.22. The fourth-order valence-corrected chi connectivity index (χ4v) is 10.1. The van der Waals surface area contributed by atoms with Gasteiger partial charge in [-0.05, 0) is 147 Å². The monoisotopic (exact) mass is 690 g/mol. The zero-order valence-electron chi connectivity index (χ0n) is 30.5. The van der Waals surface area contributed by atoms with Crippen LogP contribution in [0.4, 0.5) is 0 Å². The molecule has 0 saturated heterocycles. The highest BCUT2D eigenvalue weighted by molar-refractivity contribution is 6.33. The molecule has 12 rings (SSSR count). The molecule has 0 aliphatic rings. The summed E-state index contributed by atoms with van der Waals surface area (Å²) in [4.78, 5) is 0. The van der Waals surface area contributed by atoms with Crippen molar-refractivity contribution in [2.45, 2.75) is 13.8 Å². The molecule has 0 bridgehead atoms. The second-order valence-corrected chi connectivity index (χ2v) is 15.2. The third kappa shape index (κ3) is 3.70. The van der Waals surface area contributed by atoms with Crippen LogP contribution in [0.25, 0.3) is 119 Å². The molecule has 254 valence electrons. The highest BCUT2D eigenvalue weighted by Gasteiger charge is 2.23. The smallest absolute Gasteiger partial charge is 0.127 e. The number of benzene rings is 12. The van der Waals surface area contributed by atoms with E-state index in [0.717, 1.165) is 22.3 Å². The normalized spacial score (nSPS) is 12.4. The van der Waals surface area contributed by atoms with E-state index < -0.39 is 0 Å². The Balaban J connectivity index is 1.20. The maximum absolute atomic E-state index is 6.25. The molecule has 12 aromatic rings. The second kappa shape index (κ2) is 10.5. The lowest BCUT2D eigenvalue weighted by atomic mass is 9.83. The molecule has 0 heterocycles. The van der Waals surface area contributed by atoms with E-state index in [9.17, 15) is 0 Å². The van der Waals surface area contributed by atoms with Gasteiger partial charge < -0.3 is 9.47 Å². The van der Waals surface area contributed by atoms with Crippen molar-refractivity contribution < 1.29 is 9.47 Å². The molecule has 0 aliphatic carbocycles. The van der Waals surface area contributed by atoms with E-state index in [1.165, 1.54) is 120 Å². The van der Waals surface area contributed by atoms with Crippen LogP contribution >= 0.6 is 0 Å². The third-order valence-corrected chi connectivity index (χ3v) is 12.6. The van der Waals surface area contributed by atoms with Gasteiger partial charge in [-0.3, -0.25) is 0 Å². The van der Waals surface area contributed by atoms with Crippen molar-refractivity contribution in [3.63, 3.8) is 0 Å². The Kier molecular flexibility index (Phi) is 5.81. The molecule has 0 radical (unpaired) electrons. The Bertz CT molecular complexity index is 3300. The number of ether oxygens (including phenoxy) is 2. The first-order valence-corrected chi connectivity index (χ1v) is 18.7. The molecule has 2 nitrogen and oxygen atoms in total. The summed E-state index contributed by atoms with van der Waals surface area (Å²) in [6, 6.07) is 50.1. The van der Waals surface area contributed by atoms with Crippen LogP contribution in [-0.2, 0) is 0 Å². The number of methoxy groups -OCH3 is 2. The lowest BCUT2D eigenvalue weighted by Crippen LogP contribution is -1.96. The van der Waals surface area contributed by atoms with Crippen LogP contribution in [0.15, 0.2) is 133 Å². The summed E-state index contributed by atoms with van der Waals surface area (Å²) in [7, 11) is 3.59. The molecule has 0 unspecified atom stereocenters. The predicted octanol–water partition coefficient (Wildman–Crippen LogP) is 14.3. The molecule has 0 N–H and O–H groups in total. The van der Waals surface area contributed by atoms with Crippen molar-refractivity contribution in [2.75, 3.05) is 14.2 Å². The number of hydrogen-bond donors (Lipinski definition) is 0. The van der Waals surface area contributed by atoms with E-state index in [1.807, 2.05) is 0 Å². The van der Waals surface area contributed by atoms with E-state index in [2.05, 4.69) is 147 Å². The van der Waals surface area contributed by atoms with Crippen molar-refractivity contribution in [3.8, 4) is 33.8 Å². The van der Waals surface area contributed by atoms with Gasteiger partial charge in [-0.2, -0.15) is 0 Å². The number of aryl methyl sites for hydroxylation is 2. The van der Waals surface area contributed by atoms with Gasteiger partial charge in [0.05, 0.1) is 14.2 Å². The highest BCUT2D eigenvalue weighted by atomic mass is 16.5. The van der Waals surface area contributed by atoms with Crippen LogP contribution in [0.3, 0.4) is 0 Å². The van der Waals surface area contributed by atoms with E-state index >= 15 is 0 Å². The van der Waals surface area contributed by atoms with Crippen molar-refractivity contribution in [3.05, 3.63) is 145 Å². The summed E-state index contributed by atoms with van der Waals surface area (Å²) in [5, 5.41) is 22.6. The quantitative estimate of drug-likeness (QED) is 0.171. The Hall–Kier alpha value is -6.64. The molecule has 0 amide bonds. The van der Waals surface area contributed by atoms with Crippen LogP contribution in [0.2, 0.25) is 0 Å². The molecule has 0 aliphatic heterocycles. The fraction of sp³-hybridized carbons (Fsp3) is 0.0769. The topological polar surface area (TPSA) is 18.5 Å². The summed E-state index contributed by atoms with van der Waals surface area (Å²) in [6.45, 7) is 4.43. The molecule has 0 atom stereocenters. The summed E-state index contributed by atoms with van der Waals surface area (Å²) in [5.74, 6) is 1.74. The Morgan fingerprint density at radius 2 is 0.574 bits per heavy atom. The third-order valence-electron chi connectivity index (χ3n) is 12.6. The van der Waals surface area contributed by atoms with Crippen molar-refractivity contribution in [2.24, 2.45) is 0 Å². The average molecular weight is 691 g/mol. The van der Waals surface area contributed by atoms with Gasteiger partial charge in [-0.25, -0.2) is 0 Å². The zero-order valence-corrected chi connectivity index (χ0v) is 30.5. The zero-order chi connectivity index (χ0) is 36.0. The first-order valence-electron chi connectivity index (χ1n) is 18.7. The lowest BCUT2D eigenvalue weighted by Gasteiger charge is -2.22. The van der Waals surface area contributed by atoms with Crippen LogP contribution in [-0.4, -0.2) is 14.2 Å². The Morgan fingerprint density at radius 3 is 0.981 bits per heavy atom. The maximum Gasteiger partial charge on any atom is 0.127 e. The van der Waals surface area contributed by atoms with Gasteiger partial charge in [0.1, 0.15) is 11.5 Å². The molecular weight excluding hydrogens is 657 g/mol. The Labute approximate surface area is 311 Å². The number of hydrogen-bond acceptors (Lipinski definition) is 2. The van der Waals surface area contributed by atoms with Crippen LogP contribution in [0, 0.1) is 13.8 Å².